The molecule has 0 fully saturated rings. The molecule has 0 aliphatic heterocycles. The van der Waals surface area contributed by atoms with Crippen LogP contribution < -0.4 is 0 Å². The predicted molar refractivity (Wildman–Crippen MR) is 339 cm³/mol. The summed E-state index contributed by atoms with van der Waals surface area (Å²) in [6.07, 6.45) is 0. The molecule has 19 rings (SSSR count). The smallest absolute Gasteiger partial charge is 0.147 e. The highest BCUT2D eigenvalue weighted by Crippen LogP contribution is 2.53. The molecule has 7 heteroatoms. The zero-order chi connectivity index (χ0) is 53.7. The van der Waals surface area contributed by atoms with Gasteiger partial charge < -0.3 is 14.4 Å². The molecule has 82 heavy (non-hydrogen) atoms. The summed E-state index contributed by atoms with van der Waals surface area (Å²) in [5.41, 5.74) is 26.5. The molecule has 18 aromatic rings. The number of rotatable bonds is 4. The molecule has 0 amide bonds. The van der Waals surface area contributed by atoms with Crippen LogP contribution in [0, 0.1) is 0 Å². The van der Waals surface area contributed by atoms with Crippen molar-refractivity contribution in [3.8, 4) is 55.6 Å². The van der Waals surface area contributed by atoms with Crippen molar-refractivity contribution in [2.24, 2.45) is 0 Å². The summed E-state index contributed by atoms with van der Waals surface area (Å²) < 4.78 is 11.1. The molecule has 382 valence electrons. The van der Waals surface area contributed by atoms with Crippen LogP contribution in [0.3, 0.4) is 0 Å². The first-order valence-corrected chi connectivity index (χ1v) is 28.2. The first-order chi connectivity index (χ1) is 40.4. The monoisotopic (exact) mass is 1050 g/mol. The Kier molecular flexibility index (Phi) is 8.47. The Hall–Kier alpha value is -10.8. The van der Waals surface area contributed by atoms with Gasteiger partial charge in [-0.3, -0.25) is 8.80 Å². The summed E-state index contributed by atoms with van der Waals surface area (Å²) in [6, 6.07) is 84.2. The normalized spacial score (nSPS) is 13.3. The SMILES string of the molecule is CC1(C)c2ccccc2-c2c(-c3ccc4c(c3)c3cc(-c5ccc6c(c5)[nH]c5c6nc6c7ccccc7c7cc(-c8ccc(-c9cccc%10c9oc9ccccc9%10)cc8)ccc7n65)ccc3c3nc5c6ccccc6[nH]c5n43)cccc21. The lowest BCUT2D eigenvalue weighted by Gasteiger charge is -2.21. The number of furan rings is 1. The molecule has 1 aliphatic rings. The van der Waals surface area contributed by atoms with Gasteiger partial charge in [-0.15, -0.1) is 0 Å². The second kappa shape index (κ2) is 15.7. The number of hydrogen-bond acceptors (Lipinski definition) is 3. The highest BCUT2D eigenvalue weighted by atomic mass is 16.3. The lowest BCUT2D eigenvalue weighted by molar-refractivity contribution is 0.660. The summed E-state index contributed by atoms with van der Waals surface area (Å²) in [5, 5.41) is 11.4. The van der Waals surface area contributed by atoms with E-state index in [0.717, 1.165) is 138 Å². The van der Waals surface area contributed by atoms with E-state index in [-0.39, 0.29) is 5.41 Å². The van der Waals surface area contributed by atoms with Gasteiger partial charge in [0.05, 0.1) is 11.0 Å². The molecule has 0 atom stereocenters. The van der Waals surface area contributed by atoms with Gasteiger partial charge in [-0.25, -0.2) is 9.97 Å². The number of imidazole rings is 2. The van der Waals surface area contributed by atoms with Crippen LogP contribution in [0.25, 0.3) is 176 Å². The van der Waals surface area contributed by atoms with Crippen molar-refractivity contribution in [2.75, 3.05) is 0 Å². The number of benzene rings is 11. The van der Waals surface area contributed by atoms with E-state index < -0.39 is 0 Å². The number of nitrogens with zero attached hydrogens (tertiary/aromatic N) is 4. The van der Waals surface area contributed by atoms with Gasteiger partial charge in [-0.1, -0.05) is 184 Å². The van der Waals surface area contributed by atoms with Crippen LogP contribution in [-0.4, -0.2) is 28.7 Å². The van der Waals surface area contributed by atoms with Gasteiger partial charge in [-0.05, 0) is 133 Å². The van der Waals surface area contributed by atoms with Crippen LogP contribution in [-0.2, 0) is 5.41 Å². The van der Waals surface area contributed by atoms with Crippen molar-refractivity contribution in [3.63, 3.8) is 0 Å². The van der Waals surface area contributed by atoms with E-state index in [1.807, 2.05) is 12.1 Å². The maximum Gasteiger partial charge on any atom is 0.147 e. The fourth-order valence-electron chi connectivity index (χ4n) is 14.5. The van der Waals surface area contributed by atoms with Crippen LogP contribution in [0.4, 0.5) is 0 Å². The van der Waals surface area contributed by atoms with Gasteiger partial charge in [-0.2, -0.15) is 0 Å². The highest BCUT2D eigenvalue weighted by Gasteiger charge is 2.36. The molecule has 0 radical (unpaired) electrons. The van der Waals surface area contributed by atoms with E-state index >= 15 is 0 Å². The summed E-state index contributed by atoms with van der Waals surface area (Å²) in [5.74, 6) is 0. The number of hydrogen-bond donors (Lipinski definition) is 2. The van der Waals surface area contributed by atoms with E-state index in [1.54, 1.807) is 0 Å². The summed E-state index contributed by atoms with van der Waals surface area (Å²) in [6.45, 7) is 4.71. The van der Waals surface area contributed by atoms with E-state index in [4.69, 9.17) is 14.4 Å². The molecular weight excluding hydrogens is 1000 g/mol. The zero-order valence-electron chi connectivity index (χ0n) is 44.6. The van der Waals surface area contributed by atoms with E-state index in [1.165, 1.54) is 49.5 Å². The third-order valence-corrected chi connectivity index (χ3v) is 18.4. The van der Waals surface area contributed by atoms with Crippen LogP contribution >= 0.6 is 0 Å². The first kappa shape index (κ1) is 44.1. The first-order valence-electron chi connectivity index (χ1n) is 28.2. The number of nitrogens with one attached hydrogen (secondary N) is 2. The Bertz CT molecular complexity index is 5860. The molecule has 1 aliphatic carbocycles. The van der Waals surface area contributed by atoms with Gasteiger partial charge in [0.2, 0.25) is 0 Å². The Morgan fingerprint density at radius 2 is 0.866 bits per heavy atom. The van der Waals surface area contributed by atoms with Gasteiger partial charge in [0, 0.05) is 65.1 Å². The summed E-state index contributed by atoms with van der Waals surface area (Å²) in [4.78, 5) is 18.6. The van der Waals surface area contributed by atoms with Gasteiger partial charge in [0.15, 0.2) is 0 Å². The third-order valence-electron chi connectivity index (χ3n) is 18.4. The second-order valence-electron chi connectivity index (χ2n) is 23.0. The highest BCUT2D eigenvalue weighted by molar-refractivity contribution is 6.20. The lowest BCUT2D eigenvalue weighted by Crippen LogP contribution is -2.14. The van der Waals surface area contributed by atoms with Gasteiger partial charge in [0.1, 0.15) is 44.8 Å². The molecule has 7 heterocycles. The van der Waals surface area contributed by atoms with E-state index in [9.17, 15) is 0 Å². The Balaban J connectivity index is 0.758. The van der Waals surface area contributed by atoms with Crippen molar-refractivity contribution in [2.45, 2.75) is 19.3 Å². The van der Waals surface area contributed by atoms with Crippen LogP contribution in [0.2, 0.25) is 0 Å². The van der Waals surface area contributed by atoms with E-state index in [0.29, 0.717) is 0 Å². The second-order valence-corrected chi connectivity index (χ2v) is 23.0. The van der Waals surface area contributed by atoms with Crippen molar-refractivity contribution >= 4 is 121 Å². The Morgan fingerprint density at radius 1 is 0.354 bits per heavy atom. The molecule has 0 saturated heterocycles. The third kappa shape index (κ3) is 5.83. The largest absolute Gasteiger partial charge is 0.455 e. The number of para-hydroxylation sites is 3. The predicted octanol–water partition coefficient (Wildman–Crippen LogP) is 19.7. The number of fused-ring (bicyclic) bond motifs is 26. The van der Waals surface area contributed by atoms with Crippen LogP contribution in [0.1, 0.15) is 25.0 Å². The standard InChI is InChI=1S/C75H46N6O/c1-75(2)60-21-8-5-16-54(60)67-47(18-12-22-61(67)75)46-32-36-65-59(39-46)57-37-44(29-33-53(57)72-78-68-55-17-6-9-23-62(55)76-73(68)81(65)72)45-30-34-56-63(40-45)77-74-69(56)79-71-52-15-4-3-13-49(52)58-38-43(31-35-64(58)80(71)74)41-25-27-42(28-26-41)48-19-11-20-51-50-14-7-10-24-66(50)82-70(48)51/h3-40,76-77H,1-2H3. The Morgan fingerprint density at radius 3 is 1.68 bits per heavy atom. The maximum absolute atomic E-state index is 6.42. The molecule has 7 nitrogen and oxygen atoms in total. The van der Waals surface area contributed by atoms with Crippen molar-refractivity contribution < 1.29 is 4.42 Å². The molecule has 0 unspecified atom stereocenters. The van der Waals surface area contributed by atoms with Crippen LogP contribution in [0.15, 0.2) is 235 Å². The minimum atomic E-state index is -0.0994. The zero-order valence-corrected chi connectivity index (χ0v) is 44.6. The average molecular weight is 1050 g/mol. The quantitative estimate of drug-likeness (QED) is 0.172. The van der Waals surface area contributed by atoms with Crippen molar-refractivity contribution in [1.82, 2.24) is 28.7 Å². The number of pyridine rings is 2. The molecule has 0 bridgehead atoms. The Labute approximate surface area is 468 Å². The summed E-state index contributed by atoms with van der Waals surface area (Å²) in [7, 11) is 0. The maximum atomic E-state index is 6.42. The van der Waals surface area contributed by atoms with Gasteiger partial charge >= 0.3 is 0 Å². The number of aromatic amines is 2. The van der Waals surface area contributed by atoms with Gasteiger partial charge in [0.25, 0.3) is 0 Å². The van der Waals surface area contributed by atoms with Crippen molar-refractivity contribution in [1.29, 1.82) is 0 Å². The lowest BCUT2D eigenvalue weighted by atomic mass is 9.82. The van der Waals surface area contributed by atoms with Crippen LogP contribution in [0.5, 0.6) is 0 Å². The van der Waals surface area contributed by atoms with Crippen molar-refractivity contribution in [3.05, 3.63) is 242 Å². The fraction of sp³-hybridized carbons (Fsp3) is 0.0400. The molecule has 0 spiro atoms. The molecule has 11 aromatic carbocycles. The minimum Gasteiger partial charge on any atom is -0.455 e. The molecule has 7 aromatic heterocycles. The minimum absolute atomic E-state index is 0.0994. The molecule has 0 saturated carbocycles. The molecular formula is C75H46N6O. The fourth-order valence-corrected chi connectivity index (χ4v) is 14.5. The number of H-pyrrole nitrogens is 2. The average Bonchev–Trinajstić information content (AvgIpc) is 4.52. The topological polar surface area (TPSA) is 79.3 Å². The molecule has 2 N–H and O–H groups in total. The van der Waals surface area contributed by atoms with E-state index in [2.05, 4.69) is 251 Å². The number of aromatic nitrogens is 6. The summed E-state index contributed by atoms with van der Waals surface area (Å²) >= 11 is 0.